The molecule has 0 unspecified atom stereocenters. The van der Waals surface area contributed by atoms with Gasteiger partial charge in [-0.1, -0.05) is 18.2 Å². The lowest BCUT2D eigenvalue weighted by molar-refractivity contribution is -0.384. The maximum atomic E-state index is 11.1. The molecule has 0 fully saturated rings. The number of nitrogens with one attached hydrogen (secondary N) is 1. The van der Waals surface area contributed by atoms with Gasteiger partial charge in [-0.25, -0.2) is 4.98 Å². The Labute approximate surface area is 140 Å². The maximum Gasteiger partial charge on any atom is 0.312 e. The Morgan fingerprint density at radius 2 is 1.91 bits per heavy atom. The van der Waals surface area contributed by atoms with E-state index in [9.17, 15) is 10.1 Å². The Hall–Kier alpha value is -2.80. The van der Waals surface area contributed by atoms with E-state index in [0.717, 1.165) is 11.1 Å². The van der Waals surface area contributed by atoms with Crippen LogP contribution in [0.5, 0.6) is 0 Å². The smallest absolute Gasteiger partial charge is 0.312 e. The van der Waals surface area contributed by atoms with Gasteiger partial charge in [0.2, 0.25) is 5.82 Å². The molecule has 2 aromatic heterocycles. The van der Waals surface area contributed by atoms with E-state index < -0.39 is 4.92 Å². The van der Waals surface area contributed by atoms with Gasteiger partial charge in [-0.3, -0.25) is 15.1 Å². The second kappa shape index (κ2) is 6.53. The van der Waals surface area contributed by atoms with Crippen LogP contribution in [0.1, 0.15) is 0 Å². The van der Waals surface area contributed by atoms with E-state index in [1.165, 1.54) is 12.3 Å². The second-order valence-corrected chi connectivity index (χ2v) is 5.64. The third-order valence-electron chi connectivity index (χ3n) is 3.15. The molecular formula is C16H11BrN4O2. The molecule has 0 saturated carbocycles. The third kappa shape index (κ3) is 3.51. The van der Waals surface area contributed by atoms with E-state index in [1.807, 2.05) is 36.4 Å². The van der Waals surface area contributed by atoms with E-state index >= 15 is 0 Å². The number of hydrogen-bond donors (Lipinski definition) is 1. The molecular weight excluding hydrogens is 360 g/mol. The summed E-state index contributed by atoms with van der Waals surface area (Å²) in [4.78, 5) is 18.9. The standard InChI is InChI=1S/C16H11BrN4O2/c17-13-8-15(21(22)23)16(19-10-13)20-14-5-1-3-11(7-14)12-4-2-6-18-9-12/h1-10H,(H,19,20). The summed E-state index contributed by atoms with van der Waals surface area (Å²) in [7, 11) is 0. The van der Waals surface area contributed by atoms with Crippen LogP contribution in [-0.4, -0.2) is 14.9 Å². The number of hydrogen-bond acceptors (Lipinski definition) is 5. The lowest BCUT2D eigenvalue weighted by Gasteiger charge is -2.08. The minimum atomic E-state index is -0.467. The molecule has 0 aliphatic rings. The van der Waals surface area contributed by atoms with Crippen LogP contribution in [0.3, 0.4) is 0 Å². The van der Waals surface area contributed by atoms with Gasteiger partial charge in [-0.15, -0.1) is 0 Å². The van der Waals surface area contributed by atoms with Crippen molar-refractivity contribution in [1.82, 2.24) is 9.97 Å². The van der Waals surface area contributed by atoms with Gasteiger partial charge < -0.3 is 5.32 Å². The van der Waals surface area contributed by atoms with Crippen molar-refractivity contribution in [2.24, 2.45) is 0 Å². The molecule has 3 aromatic rings. The van der Waals surface area contributed by atoms with Crippen LogP contribution in [0, 0.1) is 10.1 Å². The average Bonchev–Trinajstić information content (AvgIpc) is 2.57. The summed E-state index contributed by atoms with van der Waals surface area (Å²) in [6, 6.07) is 12.8. The van der Waals surface area contributed by atoms with Gasteiger partial charge in [-0.05, 0) is 39.7 Å². The first kappa shape index (κ1) is 15.1. The molecule has 7 heteroatoms. The van der Waals surface area contributed by atoms with Crippen molar-refractivity contribution < 1.29 is 4.92 Å². The lowest BCUT2D eigenvalue weighted by atomic mass is 10.1. The quantitative estimate of drug-likeness (QED) is 0.537. The van der Waals surface area contributed by atoms with Gasteiger partial charge in [0.05, 0.1) is 4.92 Å². The largest absolute Gasteiger partial charge is 0.334 e. The molecule has 114 valence electrons. The summed E-state index contributed by atoms with van der Waals surface area (Å²) in [5.74, 6) is 0.196. The number of nitrogens with zero attached hydrogens (tertiary/aromatic N) is 3. The Balaban J connectivity index is 1.94. The number of halogens is 1. The number of nitro groups is 1. The molecule has 1 N–H and O–H groups in total. The summed E-state index contributed by atoms with van der Waals surface area (Å²) < 4.78 is 0.555. The van der Waals surface area contributed by atoms with Crippen molar-refractivity contribution in [1.29, 1.82) is 0 Å². The van der Waals surface area contributed by atoms with Gasteiger partial charge in [0.25, 0.3) is 0 Å². The predicted octanol–water partition coefficient (Wildman–Crippen LogP) is 4.56. The van der Waals surface area contributed by atoms with E-state index in [-0.39, 0.29) is 11.5 Å². The van der Waals surface area contributed by atoms with E-state index in [0.29, 0.717) is 10.2 Å². The molecule has 0 bridgehead atoms. The molecule has 0 amide bonds. The van der Waals surface area contributed by atoms with Gasteiger partial charge in [-0.2, -0.15) is 0 Å². The summed E-state index contributed by atoms with van der Waals surface area (Å²) in [5.41, 5.74) is 2.55. The summed E-state index contributed by atoms with van der Waals surface area (Å²) in [6.45, 7) is 0. The van der Waals surface area contributed by atoms with Crippen molar-refractivity contribution in [3.05, 3.63) is 75.6 Å². The van der Waals surface area contributed by atoms with Gasteiger partial charge in [0.1, 0.15) is 0 Å². The Bertz CT molecular complexity index is 856. The minimum Gasteiger partial charge on any atom is -0.334 e. The van der Waals surface area contributed by atoms with Crippen molar-refractivity contribution in [2.75, 3.05) is 5.32 Å². The van der Waals surface area contributed by atoms with Crippen LogP contribution < -0.4 is 5.32 Å². The first-order valence-electron chi connectivity index (χ1n) is 6.71. The molecule has 0 saturated heterocycles. The number of aromatic nitrogens is 2. The summed E-state index contributed by atoms with van der Waals surface area (Å²) >= 11 is 3.19. The number of benzene rings is 1. The van der Waals surface area contributed by atoms with Crippen LogP contribution >= 0.6 is 15.9 Å². The highest BCUT2D eigenvalue weighted by molar-refractivity contribution is 9.10. The van der Waals surface area contributed by atoms with Crippen LogP contribution in [0.2, 0.25) is 0 Å². The predicted molar refractivity (Wildman–Crippen MR) is 91.5 cm³/mol. The minimum absolute atomic E-state index is 0.0915. The molecule has 0 aliphatic heterocycles. The summed E-state index contributed by atoms with van der Waals surface area (Å²) in [5, 5.41) is 14.1. The number of anilines is 2. The fourth-order valence-electron chi connectivity index (χ4n) is 2.11. The van der Waals surface area contributed by atoms with Gasteiger partial charge >= 0.3 is 5.69 Å². The van der Waals surface area contributed by atoms with E-state index in [1.54, 1.807) is 12.4 Å². The van der Waals surface area contributed by atoms with Crippen LogP contribution in [0.4, 0.5) is 17.2 Å². The third-order valence-corrected chi connectivity index (χ3v) is 3.58. The monoisotopic (exact) mass is 370 g/mol. The van der Waals surface area contributed by atoms with Crippen LogP contribution in [-0.2, 0) is 0 Å². The van der Waals surface area contributed by atoms with Crippen molar-refractivity contribution in [3.63, 3.8) is 0 Å². The molecule has 1 aromatic carbocycles. The van der Waals surface area contributed by atoms with Gasteiger partial charge in [0.15, 0.2) is 0 Å². The normalized spacial score (nSPS) is 10.3. The lowest BCUT2D eigenvalue weighted by Crippen LogP contribution is -1.99. The first-order chi connectivity index (χ1) is 11.1. The molecule has 0 spiro atoms. The fourth-order valence-corrected chi connectivity index (χ4v) is 2.43. The van der Waals surface area contributed by atoms with Crippen molar-refractivity contribution in [2.45, 2.75) is 0 Å². The van der Waals surface area contributed by atoms with Crippen LogP contribution in [0.15, 0.2) is 65.5 Å². The zero-order valence-corrected chi connectivity index (χ0v) is 13.4. The molecule has 3 rings (SSSR count). The topological polar surface area (TPSA) is 81.0 Å². The molecule has 0 radical (unpaired) electrons. The Morgan fingerprint density at radius 1 is 1.09 bits per heavy atom. The highest BCUT2D eigenvalue weighted by Gasteiger charge is 2.16. The fraction of sp³-hybridized carbons (Fsp3) is 0. The number of pyridine rings is 2. The van der Waals surface area contributed by atoms with E-state index in [2.05, 4.69) is 31.2 Å². The van der Waals surface area contributed by atoms with Crippen LogP contribution in [0.25, 0.3) is 11.1 Å². The van der Waals surface area contributed by atoms with Crippen molar-refractivity contribution in [3.8, 4) is 11.1 Å². The molecule has 0 aliphatic carbocycles. The number of rotatable bonds is 4. The van der Waals surface area contributed by atoms with Gasteiger partial charge in [0, 0.05) is 40.4 Å². The SMILES string of the molecule is O=[N+]([O-])c1cc(Br)cnc1Nc1cccc(-c2cccnc2)c1. The average molecular weight is 371 g/mol. The zero-order valence-electron chi connectivity index (χ0n) is 11.8. The highest BCUT2D eigenvalue weighted by Crippen LogP contribution is 2.29. The molecule has 23 heavy (non-hydrogen) atoms. The molecule has 2 heterocycles. The zero-order chi connectivity index (χ0) is 16.2. The second-order valence-electron chi connectivity index (χ2n) is 4.73. The molecule has 6 nitrogen and oxygen atoms in total. The Kier molecular flexibility index (Phi) is 4.29. The maximum absolute atomic E-state index is 11.1. The Morgan fingerprint density at radius 3 is 2.65 bits per heavy atom. The van der Waals surface area contributed by atoms with E-state index in [4.69, 9.17) is 0 Å². The summed E-state index contributed by atoms with van der Waals surface area (Å²) in [6.07, 6.45) is 4.99. The highest BCUT2D eigenvalue weighted by atomic mass is 79.9. The molecule has 0 atom stereocenters. The van der Waals surface area contributed by atoms with Crippen molar-refractivity contribution >= 4 is 33.1 Å². The first-order valence-corrected chi connectivity index (χ1v) is 7.50.